The van der Waals surface area contributed by atoms with Gasteiger partial charge in [-0.2, -0.15) is 0 Å². The second kappa shape index (κ2) is 7.52. The van der Waals surface area contributed by atoms with Gasteiger partial charge >= 0.3 is 0 Å². The molecule has 1 fully saturated rings. The SMILES string of the molecule is Fc1ccc(-c2nc(CSc3nnc(C4CC4)n3Cc3ccco3)cs2)cc1. The van der Waals surface area contributed by atoms with Crippen LogP contribution in [0.2, 0.25) is 0 Å². The average Bonchev–Trinajstić information content (AvgIpc) is 3.10. The Hall–Kier alpha value is -2.45. The van der Waals surface area contributed by atoms with Gasteiger partial charge in [0, 0.05) is 22.6 Å². The van der Waals surface area contributed by atoms with Gasteiger partial charge in [0.2, 0.25) is 0 Å². The van der Waals surface area contributed by atoms with Crippen molar-refractivity contribution in [2.45, 2.75) is 36.2 Å². The van der Waals surface area contributed by atoms with Crippen LogP contribution in [0.25, 0.3) is 10.6 Å². The summed E-state index contributed by atoms with van der Waals surface area (Å²) >= 11 is 3.20. The summed E-state index contributed by atoms with van der Waals surface area (Å²) in [4.78, 5) is 4.68. The molecule has 1 saturated carbocycles. The third kappa shape index (κ3) is 3.74. The van der Waals surface area contributed by atoms with Crippen molar-refractivity contribution in [1.82, 2.24) is 19.7 Å². The van der Waals surface area contributed by atoms with Crippen LogP contribution in [0.5, 0.6) is 0 Å². The molecule has 5 nitrogen and oxygen atoms in total. The standard InChI is InChI=1S/C20H17FN4OS2/c21-15-7-5-14(6-8-15)19-22-16(11-27-19)12-28-20-24-23-18(13-3-4-13)25(20)10-17-2-1-9-26-17/h1-2,5-9,11,13H,3-4,10,12H2. The van der Waals surface area contributed by atoms with Crippen molar-refractivity contribution in [3.8, 4) is 10.6 Å². The van der Waals surface area contributed by atoms with Gasteiger partial charge < -0.3 is 4.42 Å². The molecule has 3 aromatic heterocycles. The number of rotatable bonds is 7. The maximum absolute atomic E-state index is 13.1. The van der Waals surface area contributed by atoms with Crippen molar-refractivity contribution in [1.29, 1.82) is 0 Å². The number of halogens is 1. The van der Waals surface area contributed by atoms with E-state index < -0.39 is 0 Å². The van der Waals surface area contributed by atoms with E-state index >= 15 is 0 Å². The van der Waals surface area contributed by atoms with E-state index in [4.69, 9.17) is 4.42 Å². The third-order valence-electron chi connectivity index (χ3n) is 4.57. The minimum Gasteiger partial charge on any atom is -0.467 e. The van der Waals surface area contributed by atoms with Crippen molar-refractivity contribution in [2.75, 3.05) is 0 Å². The second-order valence-corrected chi connectivity index (χ2v) is 8.52. The predicted molar refractivity (Wildman–Crippen MR) is 107 cm³/mol. The largest absolute Gasteiger partial charge is 0.467 e. The van der Waals surface area contributed by atoms with Crippen LogP contribution < -0.4 is 0 Å². The maximum Gasteiger partial charge on any atom is 0.192 e. The van der Waals surface area contributed by atoms with Crippen LogP contribution in [0.15, 0.2) is 57.6 Å². The molecule has 0 radical (unpaired) electrons. The number of hydrogen-bond donors (Lipinski definition) is 0. The summed E-state index contributed by atoms with van der Waals surface area (Å²) in [7, 11) is 0. The highest BCUT2D eigenvalue weighted by Crippen LogP contribution is 2.40. The van der Waals surface area contributed by atoms with Crippen molar-refractivity contribution >= 4 is 23.1 Å². The lowest BCUT2D eigenvalue weighted by Gasteiger charge is -2.07. The highest BCUT2D eigenvalue weighted by molar-refractivity contribution is 7.98. The van der Waals surface area contributed by atoms with Crippen LogP contribution in [-0.4, -0.2) is 19.7 Å². The highest BCUT2D eigenvalue weighted by atomic mass is 32.2. The summed E-state index contributed by atoms with van der Waals surface area (Å²) in [5.74, 6) is 2.93. The van der Waals surface area contributed by atoms with Crippen molar-refractivity contribution in [3.05, 3.63) is 71.1 Å². The number of thiazole rings is 1. The summed E-state index contributed by atoms with van der Waals surface area (Å²) in [6, 6.07) is 10.3. The minimum atomic E-state index is -0.238. The Morgan fingerprint density at radius 2 is 2.04 bits per heavy atom. The van der Waals surface area contributed by atoms with Crippen molar-refractivity contribution in [3.63, 3.8) is 0 Å². The Kier molecular flexibility index (Phi) is 4.74. The smallest absolute Gasteiger partial charge is 0.192 e. The van der Waals surface area contributed by atoms with Crippen LogP contribution in [0, 0.1) is 5.82 Å². The molecule has 0 N–H and O–H groups in total. The first-order valence-corrected chi connectivity index (χ1v) is 10.9. The lowest BCUT2D eigenvalue weighted by atomic mass is 10.2. The Labute approximate surface area is 169 Å². The maximum atomic E-state index is 13.1. The molecule has 0 aliphatic heterocycles. The summed E-state index contributed by atoms with van der Waals surface area (Å²) in [5, 5.41) is 12.7. The molecular weight excluding hydrogens is 395 g/mol. The molecule has 5 rings (SSSR count). The van der Waals surface area contributed by atoms with E-state index in [1.807, 2.05) is 17.5 Å². The molecule has 8 heteroatoms. The summed E-state index contributed by atoms with van der Waals surface area (Å²) in [6.45, 7) is 0.645. The quantitative estimate of drug-likeness (QED) is 0.383. The number of hydrogen-bond acceptors (Lipinski definition) is 6. The fourth-order valence-electron chi connectivity index (χ4n) is 2.99. The van der Waals surface area contributed by atoms with Gasteiger partial charge in [-0.3, -0.25) is 4.57 Å². The molecule has 1 aromatic carbocycles. The van der Waals surface area contributed by atoms with Gasteiger partial charge in [0.15, 0.2) is 5.16 Å². The molecular formula is C20H17FN4OS2. The molecule has 3 heterocycles. The normalized spacial score (nSPS) is 13.9. The average molecular weight is 413 g/mol. The highest BCUT2D eigenvalue weighted by Gasteiger charge is 2.30. The van der Waals surface area contributed by atoms with Crippen LogP contribution in [0.4, 0.5) is 4.39 Å². The van der Waals surface area contributed by atoms with E-state index in [1.165, 1.54) is 25.0 Å². The first kappa shape index (κ1) is 17.6. The van der Waals surface area contributed by atoms with Gasteiger partial charge in [-0.1, -0.05) is 11.8 Å². The van der Waals surface area contributed by atoms with E-state index in [-0.39, 0.29) is 5.82 Å². The molecule has 28 heavy (non-hydrogen) atoms. The molecule has 0 bridgehead atoms. The van der Waals surface area contributed by atoms with E-state index in [1.54, 1.807) is 41.5 Å². The van der Waals surface area contributed by atoms with Crippen LogP contribution in [0.1, 0.15) is 36.0 Å². The van der Waals surface area contributed by atoms with Crippen molar-refractivity contribution < 1.29 is 8.81 Å². The molecule has 0 saturated heterocycles. The van der Waals surface area contributed by atoms with Gasteiger partial charge in [0.25, 0.3) is 0 Å². The number of nitrogens with zero attached hydrogens (tertiary/aromatic N) is 4. The number of aromatic nitrogens is 4. The molecule has 0 atom stereocenters. The zero-order chi connectivity index (χ0) is 18.9. The third-order valence-corrected chi connectivity index (χ3v) is 6.51. The fourth-order valence-corrected chi connectivity index (χ4v) is 4.76. The number of furan rings is 1. The van der Waals surface area contributed by atoms with Crippen LogP contribution >= 0.6 is 23.1 Å². The minimum absolute atomic E-state index is 0.238. The topological polar surface area (TPSA) is 56.7 Å². The Bertz CT molecular complexity index is 1070. The van der Waals surface area contributed by atoms with E-state index in [2.05, 4.69) is 19.7 Å². The Morgan fingerprint density at radius 3 is 2.79 bits per heavy atom. The van der Waals surface area contributed by atoms with E-state index in [9.17, 15) is 4.39 Å². The van der Waals surface area contributed by atoms with E-state index in [0.29, 0.717) is 18.2 Å². The van der Waals surface area contributed by atoms with Gasteiger partial charge in [0.1, 0.15) is 22.4 Å². The number of benzene rings is 1. The molecule has 4 aromatic rings. The van der Waals surface area contributed by atoms with E-state index in [0.717, 1.165) is 33.0 Å². The van der Waals surface area contributed by atoms with Gasteiger partial charge in [-0.25, -0.2) is 9.37 Å². The summed E-state index contributed by atoms with van der Waals surface area (Å²) in [5.41, 5.74) is 1.91. The molecule has 0 unspecified atom stereocenters. The summed E-state index contributed by atoms with van der Waals surface area (Å²) < 4.78 is 20.8. The van der Waals surface area contributed by atoms with Gasteiger partial charge in [-0.05, 0) is 49.2 Å². The first-order chi connectivity index (χ1) is 13.8. The number of thioether (sulfide) groups is 1. The zero-order valence-electron chi connectivity index (χ0n) is 14.9. The second-order valence-electron chi connectivity index (χ2n) is 6.72. The molecule has 1 aliphatic carbocycles. The summed E-state index contributed by atoms with van der Waals surface area (Å²) in [6.07, 6.45) is 4.04. The molecule has 0 amide bonds. The zero-order valence-corrected chi connectivity index (χ0v) is 16.5. The van der Waals surface area contributed by atoms with Gasteiger partial charge in [0.05, 0.1) is 18.5 Å². The van der Waals surface area contributed by atoms with Gasteiger partial charge in [-0.15, -0.1) is 21.5 Å². The van der Waals surface area contributed by atoms with Crippen LogP contribution in [-0.2, 0) is 12.3 Å². The Balaban J connectivity index is 1.32. The lowest BCUT2D eigenvalue weighted by molar-refractivity contribution is 0.478. The van der Waals surface area contributed by atoms with Crippen LogP contribution in [0.3, 0.4) is 0 Å². The fraction of sp³-hybridized carbons (Fsp3) is 0.250. The lowest BCUT2D eigenvalue weighted by Crippen LogP contribution is -2.05. The molecule has 0 spiro atoms. The predicted octanol–water partition coefficient (Wildman–Crippen LogP) is 5.35. The Morgan fingerprint density at radius 1 is 1.18 bits per heavy atom. The first-order valence-electron chi connectivity index (χ1n) is 9.05. The van der Waals surface area contributed by atoms with Crippen molar-refractivity contribution in [2.24, 2.45) is 0 Å². The monoisotopic (exact) mass is 412 g/mol. The molecule has 142 valence electrons. The molecule has 1 aliphatic rings.